The molecule has 1 amide bonds. The van der Waals surface area contributed by atoms with E-state index in [4.69, 9.17) is 4.42 Å². The van der Waals surface area contributed by atoms with E-state index >= 15 is 0 Å². The second-order valence-electron chi connectivity index (χ2n) is 3.48. The van der Waals surface area contributed by atoms with E-state index in [-0.39, 0.29) is 5.91 Å². The van der Waals surface area contributed by atoms with Crippen molar-refractivity contribution in [3.05, 3.63) is 52.7 Å². The van der Waals surface area contributed by atoms with Crippen LogP contribution in [0.3, 0.4) is 0 Å². The number of pyridine rings is 1. The summed E-state index contributed by atoms with van der Waals surface area (Å²) in [6.07, 6.45) is 5.47. The number of amides is 1. The number of rotatable bonds is 4. The van der Waals surface area contributed by atoms with Gasteiger partial charge in [-0.05, 0) is 34.1 Å². The van der Waals surface area contributed by atoms with Crippen LogP contribution in [-0.4, -0.2) is 17.4 Å². The van der Waals surface area contributed by atoms with Crippen molar-refractivity contribution in [1.82, 2.24) is 10.3 Å². The average Bonchev–Trinajstić information content (AvgIpc) is 2.82. The van der Waals surface area contributed by atoms with Gasteiger partial charge in [-0.25, -0.2) is 0 Å². The smallest absolute Gasteiger partial charge is 0.252 e. The van der Waals surface area contributed by atoms with Gasteiger partial charge in [0, 0.05) is 29.8 Å². The van der Waals surface area contributed by atoms with Crippen LogP contribution in [0.15, 0.2) is 45.7 Å². The van der Waals surface area contributed by atoms with E-state index in [2.05, 4.69) is 26.2 Å². The number of carbonyl (C=O) groups excluding carboxylic acids is 1. The topological polar surface area (TPSA) is 55.1 Å². The fourth-order valence-corrected chi connectivity index (χ4v) is 1.76. The lowest BCUT2D eigenvalue weighted by molar-refractivity contribution is 0.0953. The van der Waals surface area contributed by atoms with Crippen molar-refractivity contribution in [1.29, 1.82) is 0 Å². The first kappa shape index (κ1) is 11.9. The van der Waals surface area contributed by atoms with Crippen LogP contribution in [0.4, 0.5) is 0 Å². The number of hydrogen-bond acceptors (Lipinski definition) is 3. The third-order valence-corrected chi connectivity index (χ3v) is 2.64. The highest BCUT2D eigenvalue weighted by molar-refractivity contribution is 9.10. The predicted octanol–water partition coefficient (Wildman–Crippen LogP) is 2.41. The van der Waals surface area contributed by atoms with E-state index < -0.39 is 0 Å². The molecular weight excluding hydrogens is 284 g/mol. The van der Waals surface area contributed by atoms with E-state index in [0.29, 0.717) is 18.5 Å². The van der Waals surface area contributed by atoms with Crippen LogP contribution in [-0.2, 0) is 6.42 Å². The van der Waals surface area contributed by atoms with Crippen molar-refractivity contribution in [2.75, 3.05) is 6.54 Å². The van der Waals surface area contributed by atoms with Crippen molar-refractivity contribution in [2.45, 2.75) is 6.42 Å². The number of hydrogen-bond donors (Lipinski definition) is 1. The number of aromatic nitrogens is 1. The van der Waals surface area contributed by atoms with Gasteiger partial charge in [0.15, 0.2) is 0 Å². The summed E-state index contributed by atoms with van der Waals surface area (Å²) < 4.78 is 5.96. The minimum absolute atomic E-state index is 0.134. The van der Waals surface area contributed by atoms with Crippen LogP contribution in [0.5, 0.6) is 0 Å². The summed E-state index contributed by atoms with van der Waals surface area (Å²) in [7, 11) is 0. The lowest BCUT2D eigenvalue weighted by Crippen LogP contribution is -2.25. The van der Waals surface area contributed by atoms with Crippen LogP contribution in [0.1, 0.15) is 16.1 Å². The van der Waals surface area contributed by atoms with Gasteiger partial charge in [-0.3, -0.25) is 9.78 Å². The molecule has 5 heteroatoms. The van der Waals surface area contributed by atoms with Crippen LogP contribution < -0.4 is 5.32 Å². The highest BCUT2D eigenvalue weighted by atomic mass is 79.9. The largest absolute Gasteiger partial charge is 0.469 e. The molecule has 0 saturated carbocycles. The second-order valence-corrected chi connectivity index (χ2v) is 4.39. The molecule has 88 valence electrons. The third-order valence-electron chi connectivity index (χ3n) is 2.20. The Morgan fingerprint density at radius 2 is 2.35 bits per heavy atom. The van der Waals surface area contributed by atoms with E-state index in [1.807, 2.05) is 12.1 Å². The summed E-state index contributed by atoms with van der Waals surface area (Å²) in [6.45, 7) is 0.541. The predicted molar refractivity (Wildman–Crippen MR) is 66.7 cm³/mol. The maximum atomic E-state index is 11.7. The number of nitrogens with one attached hydrogen (secondary N) is 1. The molecule has 0 bridgehead atoms. The standard InChI is InChI=1S/C12H11BrN2O2/c13-10-6-9(7-14-8-10)12(16)15-4-3-11-2-1-5-17-11/h1-2,5-8H,3-4H2,(H,15,16). The molecule has 0 atom stereocenters. The Hall–Kier alpha value is -1.62. The number of nitrogens with zero attached hydrogens (tertiary/aromatic N) is 1. The van der Waals surface area contributed by atoms with Crippen molar-refractivity contribution >= 4 is 21.8 Å². The summed E-state index contributed by atoms with van der Waals surface area (Å²) in [5, 5.41) is 2.80. The van der Waals surface area contributed by atoms with E-state index in [1.54, 1.807) is 18.5 Å². The Kier molecular flexibility index (Phi) is 3.93. The van der Waals surface area contributed by atoms with Gasteiger partial charge in [-0.1, -0.05) is 0 Å². The Morgan fingerprint density at radius 3 is 3.06 bits per heavy atom. The highest BCUT2D eigenvalue weighted by Crippen LogP contribution is 2.09. The molecule has 2 rings (SSSR count). The maximum Gasteiger partial charge on any atom is 0.252 e. The second kappa shape index (κ2) is 5.63. The fourth-order valence-electron chi connectivity index (χ4n) is 1.39. The normalized spacial score (nSPS) is 10.2. The molecule has 1 N–H and O–H groups in total. The summed E-state index contributed by atoms with van der Waals surface area (Å²) in [5.74, 6) is 0.725. The molecule has 0 aliphatic rings. The highest BCUT2D eigenvalue weighted by Gasteiger charge is 2.06. The first-order valence-electron chi connectivity index (χ1n) is 5.17. The summed E-state index contributed by atoms with van der Waals surface area (Å²) in [5.41, 5.74) is 0.541. The zero-order chi connectivity index (χ0) is 12.1. The Bertz CT molecular complexity index is 497. The van der Waals surface area contributed by atoms with Crippen molar-refractivity contribution in [3.63, 3.8) is 0 Å². The van der Waals surface area contributed by atoms with Crippen LogP contribution in [0, 0.1) is 0 Å². The van der Waals surface area contributed by atoms with Gasteiger partial charge in [0.05, 0.1) is 11.8 Å². The molecule has 17 heavy (non-hydrogen) atoms. The molecule has 0 radical (unpaired) electrons. The first-order chi connectivity index (χ1) is 8.25. The molecule has 2 heterocycles. The van der Waals surface area contributed by atoms with Crippen molar-refractivity contribution < 1.29 is 9.21 Å². The molecule has 0 spiro atoms. The number of furan rings is 1. The molecule has 0 unspecified atom stereocenters. The van der Waals surface area contributed by atoms with Gasteiger partial charge in [0.25, 0.3) is 5.91 Å². The lowest BCUT2D eigenvalue weighted by Gasteiger charge is -2.03. The summed E-state index contributed by atoms with van der Waals surface area (Å²) >= 11 is 3.27. The Balaban J connectivity index is 1.85. The molecule has 0 aliphatic carbocycles. The van der Waals surface area contributed by atoms with E-state index in [9.17, 15) is 4.79 Å². The first-order valence-corrected chi connectivity index (χ1v) is 5.96. The molecule has 4 nitrogen and oxygen atoms in total. The van der Waals surface area contributed by atoms with Crippen molar-refractivity contribution in [2.24, 2.45) is 0 Å². The molecule has 0 fully saturated rings. The molecule has 0 saturated heterocycles. The van der Waals surface area contributed by atoms with E-state index in [0.717, 1.165) is 10.2 Å². The molecular formula is C12H11BrN2O2. The Labute approximate surface area is 107 Å². The monoisotopic (exact) mass is 294 g/mol. The van der Waals surface area contributed by atoms with E-state index in [1.165, 1.54) is 6.20 Å². The van der Waals surface area contributed by atoms with Gasteiger partial charge >= 0.3 is 0 Å². The van der Waals surface area contributed by atoms with Crippen LogP contribution in [0.2, 0.25) is 0 Å². The summed E-state index contributed by atoms with van der Waals surface area (Å²) in [6, 6.07) is 5.44. The third kappa shape index (κ3) is 3.42. The molecule has 0 aliphatic heterocycles. The van der Waals surface area contributed by atoms with Crippen LogP contribution in [0.25, 0.3) is 0 Å². The molecule has 0 aromatic carbocycles. The SMILES string of the molecule is O=C(NCCc1ccco1)c1cncc(Br)c1. The lowest BCUT2D eigenvalue weighted by atomic mass is 10.2. The van der Waals surface area contributed by atoms with Crippen LogP contribution >= 0.6 is 15.9 Å². The minimum Gasteiger partial charge on any atom is -0.469 e. The van der Waals surface area contributed by atoms with Crippen molar-refractivity contribution in [3.8, 4) is 0 Å². The fraction of sp³-hybridized carbons (Fsp3) is 0.167. The number of carbonyl (C=O) groups is 1. The molecule has 2 aromatic heterocycles. The minimum atomic E-state index is -0.134. The Morgan fingerprint density at radius 1 is 1.47 bits per heavy atom. The average molecular weight is 295 g/mol. The summed E-state index contributed by atoms with van der Waals surface area (Å²) in [4.78, 5) is 15.7. The van der Waals surface area contributed by atoms with Gasteiger partial charge in [0.1, 0.15) is 5.76 Å². The van der Waals surface area contributed by atoms with Gasteiger partial charge in [-0.15, -0.1) is 0 Å². The zero-order valence-electron chi connectivity index (χ0n) is 9.02. The quantitative estimate of drug-likeness (QED) is 0.942. The number of halogens is 1. The molecule has 2 aromatic rings. The maximum absolute atomic E-state index is 11.7. The van der Waals surface area contributed by atoms with Gasteiger partial charge in [0.2, 0.25) is 0 Å². The zero-order valence-corrected chi connectivity index (χ0v) is 10.6. The van der Waals surface area contributed by atoms with Gasteiger partial charge < -0.3 is 9.73 Å². The van der Waals surface area contributed by atoms with Gasteiger partial charge in [-0.2, -0.15) is 0 Å².